The van der Waals surface area contributed by atoms with E-state index in [2.05, 4.69) is 5.32 Å². The van der Waals surface area contributed by atoms with E-state index in [1.807, 2.05) is 12.1 Å². The van der Waals surface area contributed by atoms with Crippen LogP contribution < -0.4 is 10.1 Å². The lowest BCUT2D eigenvalue weighted by atomic mass is 10.0. The van der Waals surface area contributed by atoms with Crippen molar-refractivity contribution in [3.05, 3.63) is 52.8 Å². The molecule has 1 N–H and O–H groups in total. The van der Waals surface area contributed by atoms with Crippen molar-refractivity contribution in [1.29, 1.82) is 0 Å². The number of halogens is 2. The molecule has 2 aromatic rings. The molecule has 2 rings (SSSR count). The van der Waals surface area contributed by atoms with Gasteiger partial charge in [-0.25, -0.2) is 4.39 Å². The third kappa shape index (κ3) is 3.06. The predicted octanol–water partition coefficient (Wildman–Crippen LogP) is 3.87. The lowest BCUT2D eigenvalue weighted by molar-refractivity contribution is 0.415. The third-order valence-corrected chi connectivity index (χ3v) is 3.22. The van der Waals surface area contributed by atoms with Gasteiger partial charge in [-0.2, -0.15) is 0 Å². The Morgan fingerprint density at radius 1 is 1.16 bits per heavy atom. The Morgan fingerprint density at radius 3 is 2.47 bits per heavy atom. The van der Waals surface area contributed by atoms with Crippen LogP contribution in [-0.2, 0) is 6.54 Å². The zero-order valence-corrected chi connectivity index (χ0v) is 11.6. The molecule has 0 unspecified atom stereocenters. The topological polar surface area (TPSA) is 21.3 Å². The SMILES string of the molecule is CNCc1ccc(-c2ccc(Cl)c(OC)c2)cc1F. The zero-order valence-electron chi connectivity index (χ0n) is 10.8. The van der Waals surface area contributed by atoms with Gasteiger partial charge < -0.3 is 10.1 Å². The van der Waals surface area contributed by atoms with Crippen molar-refractivity contribution in [1.82, 2.24) is 5.32 Å². The number of methoxy groups -OCH3 is 1. The number of ether oxygens (including phenoxy) is 1. The quantitative estimate of drug-likeness (QED) is 0.917. The summed E-state index contributed by atoms with van der Waals surface area (Å²) >= 11 is 5.97. The van der Waals surface area contributed by atoms with Gasteiger partial charge in [0.25, 0.3) is 0 Å². The summed E-state index contributed by atoms with van der Waals surface area (Å²) in [5, 5.41) is 3.47. The molecule has 19 heavy (non-hydrogen) atoms. The van der Waals surface area contributed by atoms with Crippen LogP contribution in [0.2, 0.25) is 5.02 Å². The van der Waals surface area contributed by atoms with E-state index in [-0.39, 0.29) is 5.82 Å². The van der Waals surface area contributed by atoms with Crippen LogP contribution in [-0.4, -0.2) is 14.2 Å². The molecule has 0 saturated carbocycles. The third-order valence-electron chi connectivity index (χ3n) is 2.90. The normalized spacial score (nSPS) is 10.5. The van der Waals surface area contributed by atoms with Crippen LogP contribution in [0.3, 0.4) is 0 Å². The van der Waals surface area contributed by atoms with Gasteiger partial charge in [-0.1, -0.05) is 29.8 Å². The van der Waals surface area contributed by atoms with Gasteiger partial charge in [-0.05, 0) is 36.4 Å². The first kappa shape index (κ1) is 13.8. The van der Waals surface area contributed by atoms with Crippen LogP contribution in [0.25, 0.3) is 11.1 Å². The maximum atomic E-state index is 13.9. The van der Waals surface area contributed by atoms with Crippen LogP contribution in [0, 0.1) is 5.82 Å². The molecule has 100 valence electrons. The molecule has 0 fully saturated rings. The fourth-order valence-corrected chi connectivity index (χ4v) is 2.09. The standard InChI is InChI=1S/C15H15ClFNO/c1-18-9-12-4-3-10(7-14(12)17)11-5-6-13(16)15(8-11)19-2/h3-8,18H,9H2,1-2H3. The van der Waals surface area contributed by atoms with E-state index < -0.39 is 0 Å². The molecule has 0 aliphatic heterocycles. The molecule has 0 amide bonds. The molecule has 0 aliphatic rings. The predicted molar refractivity (Wildman–Crippen MR) is 76.2 cm³/mol. The summed E-state index contributed by atoms with van der Waals surface area (Å²) in [4.78, 5) is 0. The first-order valence-electron chi connectivity index (χ1n) is 5.92. The molecule has 2 aromatic carbocycles. The summed E-state index contributed by atoms with van der Waals surface area (Å²) in [6.07, 6.45) is 0. The molecule has 0 aromatic heterocycles. The molecule has 0 atom stereocenters. The Hall–Kier alpha value is -1.58. The Morgan fingerprint density at radius 2 is 1.84 bits per heavy atom. The summed E-state index contributed by atoms with van der Waals surface area (Å²) in [5.74, 6) is 0.361. The molecule has 0 spiro atoms. The summed E-state index contributed by atoms with van der Waals surface area (Å²) in [6, 6.07) is 10.6. The second kappa shape index (κ2) is 6.04. The van der Waals surface area contributed by atoms with Crippen LogP contribution in [0.5, 0.6) is 5.75 Å². The van der Waals surface area contributed by atoms with Crippen molar-refractivity contribution in [2.24, 2.45) is 0 Å². The van der Waals surface area contributed by atoms with E-state index >= 15 is 0 Å². The van der Waals surface area contributed by atoms with Gasteiger partial charge >= 0.3 is 0 Å². The molecule has 2 nitrogen and oxygen atoms in total. The minimum Gasteiger partial charge on any atom is -0.495 e. The molecule has 0 bridgehead atoms. The van der Waals surface area contributed by atoms with Crippen molar-refractivity contribution >= 4 is 11.6 Å². The van der Waals surface area contributed by atoms with Gasteiger partial charge in [0.2, 0.25) is 0 Å². The van der Waals surface area contributed by atoms with E-state index in [1.54, 1.807) is 32.4 Å². The van der Waals surface area contributed by atoms with Crippen molar-refractivity contribution in [3.8, 4) is 16.9 Å². The van der Waals surface area contributed by atoms with E-state index in [4.69, 9.17) is 16.3 Å². The molecule has 0 saturated heterocycles. The van der Waals surface area contributed by atoms with Crippen molar-refractivity contribution in [2.45, 2.75) is 6.54 Å². The monoisotopic (exact) mass is 279 g/mol. The number of hydrogen-bond acceptors (Lipinski definition) is 2. The Bertz CT molecular complexity index is 586. The smallest absolute Gasteiger partial charge is 0.138 e. The minimum atomic E-state index is -0.222. The van der Waals surface area contributed by atoms with Crippen LogP contribution >= 0.6 is 11.6 Å². The minimum absolute atomic E-state index is 0.222. The fraction of sp³-hybridized carbons (Fsp3) is 0.200. The van der Waals surface area contributed by atoms with E-state index in [0.29, 0.717) is 22.9 Å². The highest BCUT2D eigenvalue weighted by Crippen LogP contribution is 2.31. The highest BCUT2D eigenvalue weighted by atomic mass is 35.5. The Labute approximate surface area is 117 Å². The summed E-state index contributed by atoms with van der Waals surface area (Å²) in [6.45, 7) is 0.510. The van der Waals surface area contributed by atoms with Gasteiger partial charge in [0.1, 0.15) is 11.6 Å². The van der Waals surface area contributed by atoms with Crippen LogP contribution in [0.4, 0.5) is 4.39 Å². The summed E-state index contributed by atoms with van der Waals surface area (Å²) in [5.41, 5.74) is 2.32. The van der Waals surface area contributed by atoms with Gasteiger partial charge in [0.15, 0.2) is 0 Å². The number of nitrogens with one attached hydrogen (secondary N) is 1. The molecule has 4 heteroatoms. The zero-order chi connectivity index (χ0) is 13.8. The fourth-order valence-electron chi connectivity index (χ4n) is 1.90. The van der Waals surface area contributed by atoms with Gasteiger partial charge in [0, 0.05) is 12.1 Å². The van der Waals surface area contributed by atoms with Crippen molar-refractivity contribution < 1.29 is 9.13 Å². The first-order valence-corrected chi connectivity index (χ1v) is 6.30. The number of hydrogen-bond donors (Lipinski definition) is 1. The van der Waals surface area contributed by atoms with Crippen molar-refractivity contribution in [3.63, 3.8) is 0 Å². The molecule has 0 radical (unpaired) electrons. The average molecular weight is 280 g/mol. The van der Waals surface area contributed by atoms with E-state index in [0.717, 1.165) is 11.1 Å². The van der Waals surface area contributed by atoms with Crippen LogP contribution in [0.15, 0.2) is 36.4 Å². The van der Waals surface area contributed by atoms with Gasteiger partial charge in [0.05, 0.1) is 12.1 Å². The maximum absolute atomic E-state index is 13.9. The lowest BCUT2D eigenvalue weighted by Crippen LogP contribution is -2.06. The second-order valence-corrected chi connectivity index (χ2v) is 4.59. The summed E-state index contributed by atoms with van der Waals surface area (Å²) in [7, 11) is 3.35. The first-order chi connectivity index (χ1) is 9.15. The van der Waals surface area contributed by atoms with Crippen LogP contribution in [0.1, 0.15) is 5.56 Å². The molecule has 0 heterocycles. The Kier molecular flexibility index (Phi) is 4.40. The summed E-state index contributed by atoms with van der Waals surface area (Å²) < 4.78 is 19.1. The number of benzene rings is 2. The van der Waals surface area contributed by atoms with E-state index in [1.165, 1.54) is 6.07 Å². The molecular formula is C15H15ClFNO. The van der Waals surface area contributed by atoms with Gasteiger partial charge in [-0.15, -0.1) is 0 Å². The average Bonchev–Trinajstić information content (AvgIpc) is 2.42. The molecule has 0 aliphatic carbocycles. The van der Waals surface area contributed by atoms with Crippen molar-refractivity contribution in [2.75, 3.05) is 14.2 Å². The number of rotatable bonds is 4. The lowest BCUT2D eigenvalue weighted by Gasteiger charge is -2.09. The highest BCUT2D eigenvalue weighted by Gasteiger charge is 2.07. The Balaban J connectivity index is 2.39. The largest absolute Gasteiger partial charge is 0.495 e. The highest BCUT2D eigenvalue weighted by molar-refractivity contribution is 6.32. The maximum Gasteiger partial charge on any atom is 0.138 e. The van der Waals surface area contributed by atoms with Gasteiger partial charge in [-0.3, -0.25) is 0 Å². The molecular weight excluding hydrogens is 265 g/mol. The van der Waals surface area contributed by atoms with E-state index in [9.17, 15) is 4.39 Å². The second-order valence-electron chi connectivity index (χ2n) is 4.19.